The molecule has 0 aromatic rings. The number of nitrogens with one attached hydrogen (secondary N) is 1. The summed E-state index contributed by atoms with van der Waals surface area (Å²) in [6.07, 6.45) is 20.9. The van der Waals surface area contributed by atoms with Crippen molar-refractivity contribution in [1.29, 1.82) is 0 Å². The Balaban J connectivity index is 1.36. The highest BCUT2D eigenvalue weighted by Crippen LogP contribution is 2.55. The molecule has 0 aromatic carbocycles. The van der Waals surface area contributed by atoms with Crippen LogP contribution in [0.2, 0.25) is 0 Å². The summed E-state index contributed by atoms with van der Waals surface area (Å²) in [5, 5.41) is 14.8. The summed E-state index contributed by atoms with van der Waals surface area (Å²) in [6.45, 7) is 10.5. The van der Waals surface area contributed by atoms with Crippen LogP contribution in [-0.4, -0.2) is 35.5 Å². The lowest BCUT2D eigenvalue weighted by atomic mass is 9.52. The number of hydrogen-bond donors (Lipinski definition) is 2. The van der Waals surface area contributed by atoms with Gasteiger partial charge in [0.1, 0.15) is 5.72 Å². The lowest BCUT2D eigenvalue weighted by Crippen LogP contribution is -2.64. The normalized spacial score (nSPS) is 43.6. The molecule has 3 saturated heterocycles. The minimum atomic E-state index is -0.720. The van der Waals surface area contributed by atoms with E-state index in [0.29, 0.717) is 12.1 Å². The van der Waals surface area contributed by atoms with Crippen molar-refractivity contribution in [2.45, 2.75) is 136 Å². The maximum atomic E-state index is 11.0. The molecule has 3 nitrogen and oxygen atoms in total. The molecule has 10 unspecified atom stereocenters. The largest absolute Gasteiger partial charge is 0.376 e. The van der Waals surface area contributed by atoms with E-state index in [1.807, 2.05) is 6.92 Å². The van der Waals surface area contributed by atoms with E-state index >= 15 is 0 Å². The first kappa shape index (κ1) is 26.9. The second kappa shape index (κ2) is 12.0. The highest BCUT2D eigenvalue weighted by atomic mass is 16.3. The summed E-state index contributed by atoms with van der Waals surface area (Å²) < 4.78 is 0. The molecule has 3 heteroatoms. The number of rotatable bonds is 11. The molecule has 5 fully saturated rings. The molecule has 34 heavy (non-hydrogen) atoms. The Labute approximate surface area is 212 Å². The van der Waals surface area contributed by atoms with Crippen molar-refractivity contribution in [2.24, 2.45) is 47.3 Å². The van der Waals surface area contributed by atoms with Gasteiger partial charge in [-0.1, -0.05) is 72.1 Å². The minimum absolute atomic E-state index is 0.343. The van der Waals surface area contributed by atoms with E-state index < -0.39 is 5.72 Å². The van der Waals surface area contributed by atoms with E-state index in [4.69, 9.17) is 0 Å². The van der Waals surface area contributed by atoms with Crippen molar-refractivity contribution in [3.05, 3.63) is 0 Å². The number of fused-ring (bicyclic) bond motifs is 2. The second-order valence-corrected chi connectivity index (χ2v) is 13.6. The third kappa shape index (κ3) is 6.60. The predicted molar refractivity (Wildman–Crippen MR) is 144 cm³/mol. The molecule has 5 rings (SSSR count). The van der Waals surface area contributed by atoms with Crippen LogP contribution in [0.25, 0.3) is 0 Å². The van der Waals surface area contributed by atoms with Gasteiger partial charge in [-0.2, -0.15) is 0 Å². The van der Waals surface area contributed by atoms with Crippen molar-refractivity contribution >= 4 is 0 Å². The Morgan fingerprint density at radius 1 is 0.971 bits per heavy atom. The first-order valence-corrected chi connectivity index (χ1v) is 15.5. The predicted octanol–water partition coefficient (Wildman–Crippen LogP) is 7.44. The van der Waals surface area contributed by atoms with Gasteiger partial charge in [0.25, 0.3) is 0 Å². The van der Waals surface area contributed by atoms with Crippen LogP contribution in [-0.2, 0) is 0 Å². The summed E-state index contributed by atoms with van der Waals surface area (Å²) >= 11 is 0. The van der Waals surface area contributed by atoms with Crippen LogP contribution in [0.4, 0.5) is 0 Å². The van der Waals surface area contributed by atoms with Gasteiger partial charge in [0.2, 0.25) is 0 Å². The summed E-state index contributed by atoms with van der Waals surface area (Å²) in [5.74, 6) is 7.34. The summed E-state index contributed by atoms with van der Waals surface area (Å²) in [4.78, 5) is 2.63. The van der Waals surface area contributed by atoms with Crippen LogP contribution in [0.1, 0.15) is 124 Å². The summed E-state index contributed by atoms with van der Waals surface area (Å²) in [7, 11) is 2.35. The van der Waals surface area contributed by atoms with Crippen molar-refractivity contribution in [3.8, 4) is 0 Å². The average molecular weight is 475 g/mol. The van der Waals surface area contributed by atoms with Gasteiger partial charge in [0.05, 0.1) is 6.17 Å². The molecule has 2 aliphatic carbocycles. The molecule has 0 aromatic heterocycles. The van der Waals surface area contributed by atoms with Crippen molar-refractivity contribution < 1.29 is 5.11 Å². The standard InChI is InChI=1S/C31H58N2O/c1-6-8-12-23(16-17-24-19-22(24)3)13-11-14-25-21-33(5)30-27(29-20-28(25)26(29)7-2)15-9-10-18-31(4,34)32-30/h22-30,32,34H,6-21H2,1-5H3. The van der Waals surface area contributed by atoms with Crippen LogP contribution < -0.4 is 5.32 Å². The van der Waals surface area contributed by atoms with Crippen LogP contribution in [0, 0.1) is 47.3 Å². The zero-order valence-corrected chi connectivity index (χ0v) is 23.4. The molecule has 0 spiro atoms. The first-order valence-electron chi connectivity index (χ1n) is 15.5. The molecule has 198 valence electrons. The molecule has 5 aliphatic rings. The molecule has 10 atom stereocenters. The van der Waals surface area contributed by atoms with Crippen LogP contribution in [0.5, 0.6) is 0 Å². The Bertz CT molecular complexity index is 621. The van der Waals surface area contributed by atoms with Gasteiger partial charge >= 0.3 is 0 Å². The third-order valence-corrected chi connectivity index (χ3v) is 11.0. The van der Waals surface area contributed by atoms with Gasteiger partial charge in [-0.05, 0) is 106 Å². The maximum absolute atomic E-state index is 11.0. The van der Waals surface area contributed by atoms with E-state index in [1.54, 1.807) is 0 Å². The molecule has 0 amide bonds. The second-order valence-electron chi connectivity index (χ2n) is 13.6. The topological polar surface area (TPSA) is 35.5 Å². The lowest BCUT2D eigenvalue weighted by Gasteiger charge is -2.59. The molecule has 3 heterocycles. The van der Waals surface area contributed by atoms with E-state index in [2.05, 4.69) is 38.0 Å². The molecule has 3 aliphatic heterocycles. The number of hydrogen-bond acceptors (Lipinski definition) is 3. The SMILES string of the molecule is CCCCC(CCCC1CN(C)C2NC(C)(O)CCCCC2C2CC1C2CC)CCC1CC1C. The fourth-order valence-electron chi connectivity index (χ4n) is 8.59. The first-order chi connectivity index (χ1) is 16.3. The maximum Gasteiger partial charge on any atom is 0.114 e. The van der Waals surface area contributed by atoms with Gasteiger partial charge < -0.3 is 5.11 Å². The highest BCUT2D eigenvalue weighted by molar-refractivity contribution is 5.02. The number of aliphatic hydroxyl groups is 1. The zero-order chi connectivity index (χ0) is 24.3. The van der Waals surface area contributed by atoms with E-state index in [1.165, 1.54) is 90.0 Å². The molecular formula is C31H58N2O. The lowest BCUT2D eigenvalue weighted by molar-refractivity contribution is -0.122. The van der Waals surface area contributed by atoms with Crippen LogP contribution in [0.3, 0.4) is 0 Å². The Kier molecular flexibility index (Phi) is 9.47. The van der Waals surface area contributed by atoms with E-state index in [-0.39, 0.29) is 0 Å². The van der Waals surface area contributed by atoms with Crippen LogP contribution >= 0.6 is 0 Å². The molecule has 0 radical (unpaired) electrons. The number of unbranched alkanes of at least 4 members (excludes halogenated alkanes) is 1. The van der Waals surface area contributed by atoms with Gasteiger partial charge in [-0.15, -0.1) is 0 Å². The van der Waals surface area contributed by atoms with Crippen molar-refractivity contribution in [2.75, 3.05) is 13.6 Å². The Morgan fingerprint density at radius 2 is 1.74 bits per heavy atom. The molecule has 2 bridgehead atoms. The van der Waals surface area contributed by atoms with Gasteiger partial charge in [0.15, 0.2) is 0 Å². The fourth-order valence-corrected chi connectivity index (χ4v) is 8.59. The van der Waals surface area contributed by atoms with E-state index in [9.17, 15) is 5.11 Å². The summed E-state index contributed by atoms with van der Waals surface area (Å²) in [5.41, 5.74) is -0.720. The quantitative estimate of drug-likeness (QED) is 0.327. The van der Waals surface area contributed by atoms with Crippen LogP contribution in [0.15, 0.2) is 0 Å². The monoisotopic (exact) mass is 474 g/mol. The zero-order valence-electron chi connectivity index (χ0n) is 23.4. The van der Waals surface area contributed by atoms with Gasteiger partial charge in [-0.3, -0.25) is 10.2 Å². The Hall–Kier alpha value is -0.120. The smallest absolute Gasteiger partial charge is 0.114 e. The summed E-state index contributed by atoms with van der Waals surface area (Å²) in [6, 6.07) is 0. The van der Waals surface area contributed by atoms with E-state index in [0.717, 1.165) is 54.3 Å². The minimum Gasteiger partial charge on any atom is -0.376 e. The Morgan fingerprint density at radius 3 is 2.44 bits per heavy atom. The third-order valence-electron chi connectivity index (χ3n) is 11.0. The van der Waals surface area contributed by atoms with Gasteiger partial charge in [-0.25, -0.2) is 0 Å². The number of nitrogens with zero attached hydrogens (tertiary/aromatic N) is 1. The molecule has 2 N–H and O–H groups in total. The van der Waals surface area contributed by atoms with Gasteiger partial charge in [0, 0.05) is 6.54 Å². The fraction of sp³-hybridized carbons (Fsp3) is 1.00. The highest BCUT2D eigenvalue weighted by Gasteiger charge is 2.52. The van der Waals surface area contributed by atoms with Crippen molar-refractivity contribution in [3.63, 3.8) is 0 Å². The van der Waals surface area contributed by atoms with Crippen molar-refractivity contribution in [1.82, 2.24) is 10.2 Å². The average Bonchev–Trinajstić information content (AvgIpc) is 3.47. The molecule has 2 saturated carbocycles. The molecular weight excluding hydrogens is 416 g/mol.